The monoisotopic (exact) mass is 1050 g/mol. The van der Waals surface area contributed by atoms with Crippen LogP contribution in [0.1, 0.15) is 12.8 Å². The Morgan fingerprint density at radius 2 is 0.646 bits per heavy atom. The Morgan fingerprint density at radius 3 is 1.05 bits per heavy atom. The van der Waals surface area contributed by atoms with Gasteiger partial charge in [0, 0.05) is 39.0 Å². The molecule has 0 N–H and O–H groups in total. The van der Waals surface area contributed by atoms with Gasteiger partial charge in [-0.05, 0) is 233 Å². The Kier molecular flexibility index (Phi) is 13.2. The second-order valence-corrected chi connectivity index (χ2v) is 27.3. The van der Waals surface area contributed by atoms with Crippen molar-refractivity contribution in [1.82, 2.24) is 0 Å². The first-order valence-electron chi connectivity index (χ1n) is 27.2. The molecule has 0 spiro atoms. The highest BCUT2D eigenvalue weighted by Crippen LogP contribution is 2.49. The first-order chi connectivity index (χ1) is 38.7. The predicted molar refractivity (Wildman–Crippen MR) is 350 cm³/mol. The summed E-state index contributed by atoms with van der Waals surface area (Å²) in [5.74, 6) is 4.32. The van der Waals surface area contributed by atoms with Crippen LogP contribution in [0.4, 0.5) is 34.1 Å². The summed E-state index contributed by atoms with van der Waals surface area (Å²) >= 11 is 0. The molecule has 2 nitrogen and oxygen atoms in total. The first kappa shape index (κ1) is 49.9. The van der Waals surface area contributed by atoms with Gasteiger partial charge in [0.05, 0.1) is 0 Å². The van der Waals surface area contributed by atoms with Crippen molar-refractivity contribution in [1.29, 1.82) is 0 Å². The molecule has 0 amide bonds. The molecular weight excluding hydrogens is 993 g/mol. The predicted octanol–water partition coefficient (Wildman–Crippen LogP) is 19.9. The van der Waals surface area contributed by atoms with Crippen molar-refractivity contribution in [3.8, 4) is 44.5 Å². The Bertz CT molecular complexity index is 4370. The van der Waals surface area contributed by atoms with Gasteiger partial charge in [0.2, 0.25) is 0 Å². The summed E-state index contributed by atoms with van der Waals surface area (Å²) in [6.45, 7) is 0. The Balaban J connectivity index is 0.952. The van der Waals surface area contributed by atoms with Crippen molar-refractivity contribution in [3.63, 3.8) is 0 Å². The van der Waals surface area contributed by atoms with Crippen molar-refractivity contribution < 1.29 is 0 Å². The van der Waals surface area contributed by atoms with E-state index in [1.165, 1.54) is 97.1 Å². The van der Waals surface area contributed by atoms with Crippen molar-refractivity contribution in [3.05, 3.63) is 265 Å². The number of rotatable bonds is 12. The fourth-order valence-electron chi connectivity index (χ4n) is 12.0. The lowest BCUT2D eigenvalue weighted by atomic mass is 9.83. The number of para-hydroxylation sites is 2. The highest BCUT2D eigenvalue weighted by molar-refractivity contribution is 8.32. The van der Waals surface area contributed by atoms with E-state index in [1.807, 2.05) is 0 Å². The maximum Gasteiger partial charge on any atom is 0.0467 e. The van der Waals surface area contributed by atoms with Crippen LogP contribution in [-0.4, -0.2) is 30.9 Å². The van der Waals surface area contributed by atoms with E-state index in [-0.39, 0.29) is 10.5 Å². The second kappa shape index (κ2) is 20.9. The molecule has 1 aliphatic rings. The van der Waals surface area contributed by atoms with Gasteiger partial charge in [0.1, 0.15) is 0 Å². The van der Waals surface area contributed by atoms with Crippen molar-refractivity contribution in [2.75, 3.05) is 34.8 Å². The Hall–Kier alpha value is -8.67. The molecule has 0 radical (unpaired) electrons. The normalized spacial score (nSPS) is 12.9. The number of hydrogen-bond donors (Lipinski definition) is 0. The standard InChI is InChI=1S/C75H62N2S2/c1-78(2)62-45-41-58(42-46-62)76(56-27-8-6-9-28-56)60-31-21-25-54(50-60)74-68-37-16-12-33-64(68)72(65-34-13-17-38-69(65)74)52-23-20-24-53(49-52)73-66-35-14-18-39-70(66)75(71-40-19-15-36-67(71)73)55-26-22-32-61(51-55)77(57-29-10-7-11-30-57)59-43-47-63(48-44-59)79(3,4)5/h6-12,14-16,18-51H,1,13,17H2,2-5H3. The number of benzene rings is 12. The van der Waals surface area contributed by atoms with E-state index in [1.54, 1.807) is 0 Å². The molecular formula is C75H62N2S2. The molecule has 0 aliphatic heterocycles. The van der Waals surface area contributed by atoms with Crippen LogP contribution in [0, 0.1) is 0 Å². The van der Waals surface area contributed by atoms with E-state index >= 15 is 0 Å². The Morgan fingerprint density at radius 1 is 0.329 bits per heavy atom. The lowest BCUT2D eigenvalue weighted by Gasteiger charge is -2.29. The molecule has 12 aromatic rings. The molecule has 0 saturated heterocycles. The molecule has 0 fully saturated rings. The van der Waals surface area contributed by atoms with Crippen LogP contribution in [0.2, 0.25) is 0 Å². The number of hydrogen-bond acceptors (Lipinski definition) is 2. The fraction of sp³-hybridized carbons (Fsp3) is 0.0800. The van der Waals surface area contributed by atoms with Crippen LogP contribution in [0.5, 0.6) is 0 Å². The lowest BCUT2D eigenvalue weighted by molar-refractivity contribution is 1.12. The molecule has 0 aromatic heterocycles. The number of anilines is 6. The van der Waals surface area contributed by atoms with Gasteiger partial charge in [-0.15, -0.1) is 0 Å². The summed E-state index contributed by atoms with van der Waals surface area (Å²) in [5.41, 5.74) is 16.6. The minimum absolute atomic E-state index is 0.0695. The van der Waals surface area contributed by atoms with Crippen LogP contribution >= 0.6 is 20.5 Å². The van der Waals surface area contributed by atoms with Crippen LogP contribution in [0.3, 0.4) is 0 Å². The molecule has 1 atom stereocenters. The fourth-order valence-corrected chi connectivity index (χ4v) is 13.6. The molecule has 4 heteroatoms. The highest BCUT2D eigenvalue weighted by atomic mass is 32.3. The van der Waals surface area contributed by atoms with Crippen molar-refractivity contribution in [2.45, 2.75) is 22.6 Å². The van der Waals surface area contributed by atoms with Gasteiger partial charge in [-0.25, -0.2) is 10.0 Å². The van der Waals surface area contributed by atoms with Gasteiger partial charge in [0.25, 0.3) is 0 Å². The third kappa shape index (κ3) is 9.35. The minimum atomic E-state index is -0.867. The molecule has 12 aromatic carbocycles. The minimum Gasteiger partial charge on any atom is -0.310 e. The van der Waals surface area contributed by atoms with Crippen molar-refractivity contribution in [2.24, 2.45) is 0 Å². The number of fused-ring (bicyclic) bond motifs is 4. The molecule has 0 bridgehead atoms. The lowest BCUT2D eigenvalue weighted by Crippen LogP contribution is -2.31. The van der Waals surface area contributed by atoms with Crippen LogP contribution in [0.15, 0.2) is 265 Å². The Labute approximate surface area is 469 Å². The largest absolute Gasteiger partial charge is 0.310 e. The molecule has 1 unspecified atom stereocenters. The van der Waals surface area contributed by atoms with E-state index in [9.17, 15) is 0 Å². The van der Waals surface area contributed by atoms with Gasteiger partial charge in [-0.2, -0.15) is 10.5 Å². The third-order valence-corrected chi connectivity index (χ3v) is 18.4. The van der Waals surface area contributed by atoms with E-state index in [2.05, 4.69) is 308 Å². The molecule has 0 saturated carbocycles. The zero-order valence-corrected chi connectivity index (χ0v) is 46.9. The molecule has 13 rings (SSSR count). The van der Waals surface area contributed by atoms with Crippen LogP contribution in [0.25, 0.3) is 89.0 Å². The highest BCUT2D eigenvalue weighted by Gasteiger charge is 2.22. The van der Waals surface area contributed by atoms with Gasteiger partial charge < -0.3 is 9.80 Å². The molecule has 1 aliphatic carbocycles. The van der Waals surface area contributed by atoms with E-state index < -0.39 is 10.0 Å². The summed E-state index contributed by atoms with van der Waals surface area (Å²) in [5, 5.41) is 10.1. The maximum atomic E-state index is 4.32. The SMILES string of the molecule is C=S(C)c1ccc(N(c2ccccc2)c2cccc(-c3c4c(c(-c5cccc(-c6c7ccccc7c(-c7cccc(N(c8ccccc8)c8ccc(S(C)(C)C)cc8)c7)c7ccccc67)c5)c5ccccc35)=CCCC=4)c2)cc1. The molecule has 0 heterocycles. The summed E-state index contributed by atoms with van der Waals surface area (Å²) in [6.07, 6.45) is 16.2. The van der Waals surface area contributed by atoms with Gasteiger partial charge in [-0.1, -0.05) is 170 Å². The van der Waals surface area contributed by atoms with E-state index in [4.69, 9.17) is 0 Å². The van der Waals surface area contributed by atoms with Crippen LogP contribution in [-0.2, 0) is 0 Å². The maximum absolute atomic E-state index is 4.32. The second-order valence-electron chi connectivity index (χ2n) is 21.4. The smallest absolute Gasteiger partial charge is 0.0467 e. The van der Waals surface area contributed by atoms with E-state index in [0.717, 1.165) is 47.0 Å². The average molecular weight is 1060 g/mol. The quantitative estimate of drug-likeness (QED) is 0.0889. The first-order valence-corrected chi connectivity index (χ1v) is 31.9. The zero-order chi connectivity index (χ0) is 53.6. The van der Waals surface area contributed by atoms with Crippen LogP contribution < -0.4 is 20.2 Å². The molecule has 79 heavy (non-hydrogen) atoms. The summed E-state index contributed by atoms with van der Waals surface area (Å²) in [4.78, 5) is 7.42. The summed E-state index contributed by atoms with van der Waals surface area (Å²) < 4.78 is 0. The van der Waals surface area contributed by atoms with Gasteiger partial charge in [0.15, 0.2) is 0 Å². The van der Waals surface area contributed by atoms with Gasteiger partial charge in [-0.3, -0.25) is 0 Å². The van der Waals surface area contributed by atoms with Crippen molar-refractivity contribution >= 4 is 105 Å². The summed E-state index contributed by atoms with van der Waals surface area (Å²) in [7, 11) is -0.936. The average Bonchev–Trinajstić information content (AvgIpc) is 3.62. The van der Waals surface area contributed by atoms with E-state index in [0.29, 0.717) is 0 Å². The molecule has 384 valence electrons. The number of nitrogens with zero attached hydrogens (tertiary/aromatic N) is 2. The topological polar surface area (TPSA) is 6.48 Å². The van der Waals surface area contributed by atoms with Gasteiger partial charge >= 0.3 is 0 Å². The summed E-state index contributed by atoms with van der Waals surface area (Å²) in [6, 6.07) is 94.5. The zero-order valence-electron chi connectivity index (χ0n) is 45.2. The third-order valence-electron chi connectivity index (χ3n) is 15.6.